The Kier molecular flexibility index (Phi) is 6.70. The van der Waals surface area contributed by atoms with E-state index in [0.29, 0.717) is 30.4 Å². The van der Waals surface area contributed by atoms with Crippen molar-refractivity contribution in [3.05, 3.63) is 69.0 Å². The number of nitro benzene ring substituents is 1. The van der Waals surface area contributed by atoms with E-state index in [1.165, 1.54) is 34.1 Å². The molecule has 0 spiro atoms. The van der Waals surface area contributed by atoms with Gasteiger partial charge in [0.2, 0.25) is 14.8 Å². The average molecular weight is 489 g/mol. The highest BCUT2D eigenvalue weighted by Crippen LogP contribution is 2.27. The highest BCUT2D eigenvalue weighted by atomic mass is 32.2. The molecule has 3 aromatic rings. The third-order valence-corrected chi connectivity index (χ3v) is 7.92. The molecular formula is C21H24N6O4S2. The van der Waals surface area contributed by atoms with Crippen LogP contribution in [0.1, 0.15) is 12.5 Å². The predicted octanol–water partition coefficient (Wildman–Crippen LogP) is 3.04. The topological polar surface area (TPSA) is 117 Å². The largest absolute Gasteiger partial charge is 0.289 e. The Bertz CT molecular complexity index is 1310. The van der Waals surface area contributed by atoms with E-state index < -0.39 is 20.6 Å². The van der Waals surface area contributed by atoms with Crippen LogP contribution in [0.4, 0.5) is 5.69 Å². The molecule has 12 heteroatoms. The normalized spacial score (nSPS) is 15.5. The first kappa shape index (κ1) is 23.2. The van der Waals surface area contributed by atoms with Gasteiger partial charge in [-0.25, -0.2) is 13.1 Å². The van der Waals surface area contributed by atoms with Crippen LogP contribution in [0.5, 0.6) is 0 Å². The molecule has 33 heavy (non-hydrogen) atoms. The van der Waals surface area contributed by atoms with Crippen LogP contribution in [0, 0.1) is 14.9 Å². The number of hydrogen-bond acceptors (Lipinski definition) is 7. The van der Waals surface area contributed by atoms with Crippen LogP contribution in [0.2, 0.25) is 0 Å². The minimum atomic E-state index is -3.96. The van der Waals surface area contributed by atoms with Gasteiger partial charge >= 0.3 is 0 Å². The van der Waals surface area contributed by atoms with Gasteiger partial charge in [-0.1, -0.05) is 43.3 Å². The lowest BCUT2D eigenvalue weighted by atomic mass is 10.1. The smallest absolute Gasteiger partial charge is 0.282 e. The first-order chi connectivity index (χ1) is 15.8. The molecular weight excluding hydrogens is 464 g/mol. The van der Waals surface area contributed by atoms with Gasteiger partial charge in [-0.05, 0) is 30.3 Å². The number of para-hydroxylation sites is 1. The van der Waals surface area contributed by atoms with Crippen LogP contribution in [-0.2, 0) is 23.1 Å². The molecule has 10 nitrogen and oxygen atoms in total. The van der Waals surface area contributed by atoms with Crippen molar-refractivity contribution >= 4 is 27.9 Å². The zero-order valence-corrected chi connectivity index (χ0v) is 19.7. The minimum absolute atomic E-state index is 0.223. The van der Waals surface area contributed by atoms with Gasteiger partial charge in [-0.15, -0.1) is 0 Å². The maximum absolute atomic E-state index is 13.0. The zero-order chi connectivity index (χ0) is 23.6. The van der Waals surface area contributed by atoms with Crippen molar-refractivity contribution in [2.75, 3.05) is 26.2 Å². The molecule has 1 aliphatic heterocycles. The van der Waals surface area contributed by atoms with Crippen LogP contribution in [-0.4, -0.2) is 63.5 Å². The molecule has 0 unspecified atom stereocenters. The fraction of sp³-hybridized carbons (Fsp3) is 0.333. The average Bonchev–Trinajstić information content (AvgIpc) is 3.19. The van der Waals surface area contributed by atoms with Gasteiger partial charge < -0.3 is 0 Å². The number of aromatic nitrogens is 3. The lowest BCUT2D eigenvalue weighted by Gasteiger charge is -2.33. The summed E-state index contributed by atoms with van der Waals surface area (Å²) >= 11 is 5.40. The van der Waals surface area contributed by atoms with Gasteiger partial charge in [-0.2, -0.15) is 9.29 Å². The first-order valence-electron chi connectivity index (χ1n) is 10.5. The molecule has 2 aromatic carbocycles. The lowest BCUT2D eigenvalue weighted by Crippen LogP contribution is -2.49. The molecule has 0 radical (unpaired) electrons. The summed E-state index contributed by atoms with van der Waals surface area (Å²) in [4.78, 5) is 16.8. The molecule has 1 N–H and O–H groups in total. The first-order valence-corrected chi connectivity index (χ1v) is 12.4. The van der Waals surface area contributed by atoms with Gasteiger partial charge in [0.1, 0.15) is 0 Å². The summed E-state index contributed by atoms with van der Waals surface area (Å²) in [7, 11) is -3.96. The summed E-state index contributed by atoms with van der Waals surface area (Å²) < 4.78 is 29.5. The van der Waals surface area contributed by atoms with E-state index in [4.69, 9.17) is 12.2 Å². The molecule has 0 aliphatic carbocycles. The SMILES string of the molecule is CCc1ccc(-c2nc(=S)n(CN3CCN(S(=O)(=O)c4ccccc4[N+](=O)[O-])CC3)[nH]2)cc1. The molecule has 4 rings (SSSR count). The van der Waals surface area contributed by atoms with Gasteiger partial charge in [0.25, 0.3) is 5.69 Å². The maximum atomic E-state index is 13.0. The van der Waals surface area contributed by atoms with Gasteiger partial charge in [0.15, 0.2) is 10.7 Å². The molecule has 2 heterocycles. The fourth-order valence-corrected chi connectivity index (χ4v) is 5.53. The van der Waals surface area contributed by atoms with Crippen molar-refractivity contribution < 1.29 is 13.3 Å². The van der Waals surface area contributed by atoms with E-state index in [1.807, 2.05) is 12.1 Å². The Labute approximate surface area is 196 Å². The Hall–Kier alpha value is -2.93. The number of sulfonamides is 1. The number of H-pyrrole nitrogens is 1. The predicted molar refractivity (Wildman–Crippen MR) is 126 cm³/mol. The van der Waals surface area contributed by atoms with E-state index in [-0.39, 0.29) is 18.0 Å². The van der Waals surface area contributed by atoms with E-state index in [0.717, 1.165) is 12.0 Å². The van der Waals surface area contributed by atoms with E-state index in [2.05, 4.69) is 34.0 Å². The number of benzene rings is 2. The Morgan fingerprint density at radius 3 is 2.39 bits per heavy atom. The van der Waals surface area contributed by atoms with Crippen LogP contribution >= 0.6 is 12.2 Å². The van der Waals surface area contributed by atoms with Crippen molar-refractivity contribution in [2.45, 2.75) is 24.9 Å². The number of hydrogen-bond donors (Lipinski definition) is 1. The number of piperazine rings is 1. The van der Waals surface area contributed by atoms with Crippen LogP contribution in [0.25, 0.3) is 11.4 Å². The van der Waals surface area contributed by atoms with Crippen LogP contribution in [0.15, 0.2) is 53.4 Å². The summed E-state index contributed by atoms with van der Waals surface area (Å²) in [5.41, 5.74) is 1.77. The lowest BCUT2D eigenvalue weighted by molar-refractivity contribution is -0.387. The molecule has 1 saturated heterocycles. The van der Waals surface area contributed by atoms with Crippen molar-refractivity contribution in [1.29, 1.82) is 0 Å². The summed E-state index contributed by atoms with van der Waals surface area (Å²) in [5, 5.41) is 14.5. The monoisotopic (exact) mass is 488 g/mol. The summed E-state index contributed by atoms with van der Waals surface area (Å²) in [6.07, 6.45) is 0.962. The summed E-state index contributed by atoms with van der Waals surface area (Å²) in [5.74, 6) is 0.681. The Morgan fingerprint density at radius 1 is 1.09 bits per heavy atom. The maximum Gasteiger partial charge on any atom is 0.289 e. The number of nitrogens with zero attached hydrogens (tertiary/aromatic N) is 5. The molecule has 0 amide bonds. The fourth-order valence-electron chi connectivity index (χ4n) is 3.76. The number of aromatic amines is 1. The van der Waals surface area contributed by atoms with E-state index in [9.17, 15) is 18.5 Å². The Morgan fingerprint density at radius 2 is 1.76 bits per heavy atom. The van der Waals surface area contributed by atoms with Gasteiger partial charge in [-0.3, -0.25) is 20.1 Å². The van der Waals surface area contributed by atoms with Crippen LogP contribution < -0.4 is 0 Å². The van der Waals surface area contributed by atoms with E-state index in [1.54, 1.807) is 4.68 Å². The minimum Gasteiger partial charge on any atom is -0.282 e. The third-order valence-electron chi connectivity index (χ3n) is 5.67. The second-order valence-corrected chi connectivity index (χ2v) is 9.99. The highest BCUT2D eigenvalue weighted by Gasteiger charge is 2.33. The van der Waals surface area contributed by atoms with Crippen LogP contribution in [0.3, 0.4) is 0 Å². The molecule has 0 saturated carbocycles. The second-order valence-electron chi connectivity index (χ2n) is 7.72. The standard InChI is InChI=1S/C21H24N6O4S2/c1-2-16-7-9-17(10-8-16)20-22-21(32)26(23-20)15-24-11-13-25(14-12-24)33(30,31)19-6-4-3-5-18(19)27(28)29/h3-10H,2,11-15H2,1H3,(H,22,23,32). The molecule has 1 fully saturated rings. The number of aryl methyl sites for hydroxylation is 1. The molecule has 0 bridgehead atoms. The molecule has 1 aromatic heterocycles. The number of nitro groups is 1. The van der Waals surface area contributed by atoms with E-state index >= 15 is 0 Å². The summed E-state index contributed by atoms with van der Waals surface area (Å²) in [6.45, 7) is 3.91. The third kappa shape index (κ3) is 4.88. The number of nitrogens with one attached hydrogen (secondary N) is 1. The quantitative estimate of drug-likeness (QED) is 0.309. The molecule has 0 atom stereocenters. The van der Waals surface area contributed by atoms with Gasteiger partial charge in [0, 0.05) is 37.8 Å². The highest BCUT2D eigenvalue weighted by molar-refractivity contribution is 7.89. The molecule has 1 aliphatic rings. The van der Waals surface area contributed by atoms with Crippen molar-refractivity contribution in [3.8, 4) is 11.4 Å². The van der Waals surface area contributed by atoms with Crippen molar-refractivity contribution in [1.82, 2.24) is 24.0 Å². The summed E-state index contributed by atoms with van der Waals surface area (Å²) in [6, 6.07) is 13.5. The zero-order valence-electron chi connectivity index (χ0n) is 18.0. The second kappa shape index (κ2) is 9.51. The van der Waals surface area contributed by atoms with Crippen molar-refractivity contribution in [2.24, 2.45) is 0 Å². The van der Waals surface area contributed by atoms with Gasteiger partial charge in [0.05, 0.1) is 11.6 Å². The van der Waals surface area contributed by atoms with Crippen molar-refractivity contribution in [3.63, 3.8) is 0 Å². The number of rotatable bonds is 7. The Balaban J connectivity index is 1.43. The molecule has 174 valence electrons.